The zero-order valence-corrected chi connectivity index (χ0v) is 11.9. The van der Waals surface area contributed by atoms with E-state index in [0.29, 0.717) is 11.8 Å². The van der Waals surface area contributed by atoms with E-state index in [1.165, 1.54) is 5.56 Å². The van der Waals surface area contributed by atoms with Gasteiger partial charge < -0.3 is 10.2 Å². The van der Waals surface area contributed by atoms with Crippen molar-refractivity contribution in [2.24, 2.45) is 5.92 Å². The molecule has 3 rings (SSSR count). The van der Waals surface area contributed by atoms with E-state index in [4.69, 9.17) is 0 Å². The maximum absolute atomic E-state index is 12.1. The van der Waals surface area contributed by atoms with Crippen molar-refractivity contribution in [2.75, 3.05) is 26.2 Å². The van der Waals surface area contributed by atoms with Crippen molar-refractivity contribution in [3.05, 3.63) is 35.9 Å². The molecule has 3 nitrogen and oxygen atoms in total. The summed E-state index contributed by atoms with van der Waals surface area (Å²) in [5.41, 5.74) is 1.43. The predicted molar refractivity (Wildman–Crippen MR) is 78.6 cm³/mol. The quantitative estimate of drug-likeness (QED) is 0.899. The second kappa shape index (κ2) is 6.40. The molecule has 0 bridgehead atoms. The van der Waals surface area contributed by atoms with Crippen LogP contribution >= 0.6 is 12.4 Å². The summed E-state index contributed by atoms with van der Waals surface area (Å²) in [6.07, 6.45) is 2.21. The van der Waals surface area contributed by atoms with Crippen LogP contribution in [0.1, 0.15) is 24.3 Å². The van der Waals surface area contributed by atoms with Crippen LogP contribution in [-0.2, 0) is 4.79 Å². The van der Waals surface area contributed by atoms with Crippen LogP contribution in [0, 0.1) is 5.92 Å². The van der Waals surface area contributed by atoms with Gasteiger partial charge in [-0.25, -0.2) is 0 Å². The number of amides is 1. The summed E-state index contributed by atoms with van der Waals surface area (Å²) in [6, 6.07) is 10.7. The first-order valence-corrected chi connectivity index (χ1v) is 6.89. The first kappa shape index (κ1) is 14.4. The Bertz CT molecular complexity index is 411. The van der Waals surface area contributed by atoms with Gasteiger partial charge in [-0.1, -0.05) is 30.3 Å². The summed E-state index contributed by atoms with van der Waals surface area (Å²) in [5, 5.41) is 3.17. The largest absolute Gasteiger partial charge is 0.342 e. The topological polar surface area (TPSA) is 32.3 Å². The van der Waals surface area contributed by atoms with Crippen LogP contribution in [0.15, 0.2) is 30.3 Å². The van der Waals surface area contributed by atoms with E-state index < -0.39 is 0 Å². The van der Waals surface area contributed by atoms with E-state index in [-0.39, 0.29) is 18.3 Å². The number of piperidine rings is 1. The smallest absolute Gasteiger partial charge is 0.228 e. The van der Waals surface area contributed by atoms with Crippen LogP contribution in [0.2, 0.25) is 0 Å². The second-order valence-corrected chi connectivity index (χ2v) is 5.37. The first-order valence-electron chi connectivity index (χ1n) is 6.89. The SMILES string of the molecule is Cl.O=C(C1CNC1)N1CCC(c2ccccc2)CC1. The van der Waals surface area contributed by atoms with E-state index in [1.807, 2.05) is 0 Å². The zero-order chi connectivity index (χ0) is 12.4. The van der Waals surface area contributed by atoms with Crippen molar-refractivity contribution in [2.45, 2.75) is 18.8 Å². The summed E-state index contributed by atoms with van der Waals surface area (Å²) in [4.78, 5) is 14.2. The average Bonchev–Trinajstić information content (AvgIpc) is 2.38. The molecule has 0 saturated carbocycles. The van der Waals surface area contributed by atoms with Gasteiger partial charge in [0.05, 0.1) is 5.92 Å². The Hall–Kier alpha value is -1.06. The van der Waals surface area contributed by atoms with Crippen molar-refractivity contribution in [3.8, 4) is 0 Å². The van der Waals surface area contributed by atoms with Crippen molar-refractivity contribution in [1.82, 2.24) is 10.2 Å². The molecule has 1 N–H and O–H groups in total. The van der Waals surface area contributed by atoms with Crippen LogP contribution in [-0.4, -0.2) is 37.0 Å². The lowest BCUT2D eigenvalue weighted by Gasteiger charge is -2.37. The van der Waals surface area contributed by atoms with Crippen LogP contribution in [0.5, 0.6) is 0 Å². The number of likely N-dealkylation sites (tertiary alicyclic amines) is 1. The summed E-state index contributed by atoms with van der Waals surface area (Å²) < 4.78 is 0. The Labute approximate surface area is 120 Å². The van der Waals surface area contributed by atoms with Gasteiger partial charge in [0.2, 0.25) is 5.91 Å². The molecule has 2 aliphatic heterocycles. The Morgan fingerprint density at radius 3 is 2.26 bits per heavy atom. The average molecular weight is 281 g/mol. The van der Waals surface area contributed by atoms with Crippen molar-refractivity contribution in [3.63, 3.8) is 0 Å². The van der Waals surface area contributed by atoms with Gasteiger partial charge in [-0.3, -0.25) is 4.79 Å². The third kappa shape index (κ3) is 3.10. The molecule has 0 unspecified atom stereocenters. The van der Waals surface area contributed by atoms with Crippen LogP contribution in [0.25, 0.3) is 0 Å². The lowest BCUT2D eigenvalue weighted by molar-refractivity contribution is -0.138. The van der Waals surface area contributed by atoms with E-state index in [9.17, 15) is 4.79 Å². The standard InChI is InChI=1S/C15H20N2O.ClH/c18-15(14-10-16-11-14)17-8-6-13(7-9-17)12-4-2-1-3-5-12;/h1-5,13-14,16H,6-11H2;1H. The summed E-state index contributed by atoms with van der Waals surface area (Å²) >= 11 is 0. The molecule has 0 spiro atoms. The first-order chi connectivity index (χ1) is 8.84. The van der Waals surface area contributed by atoms with Crippen molar-refractivity contribution < 1.29 is 4.79 Å². The zero-order valence-electron chi connectivity index (χ0n) is 11.0. The molecular formula is C15H21ClN2O. The third-order valence-corrected chi connectivity index (χ3v) is 4.21. The third-order valence-electron chi connectivity index (χ3n) is 4.21. The lowest BCUT2D eigenvalue weighted by Crippen LogP contribution is -2.53. The Kier molecular flexibility index (Phi) is 4.83. The van der Waals surface area contributed by atoms with E-state index in [1.54, 1.807) is 0 Å². The molecule has 1 aromatic rings. The normalized spacial score (nSPS) is 20.5. The summed E-state index contributed by atoms with van der Waals surface area (Å²) in [7, 11) is 0. The molecule has 2 fully saturated rings. The Morgan fingerprint density at radius 2 is 1.74 bits per heavy atom. The molecule has 2 heterocycles. The maximum Gasteiger partial charge on any atom is 0.228 e. The summed E-state index contributed by atoms with van der Waals surface area (Å²) in [6.45, 7) is 3.60. The van der Waals surface area contributed by atoms with Gasteiger partial charge in [-0.2, -0.15) is 0 Å². The number of hydrogen-bond donors (Lipinski definition) is 1. The van der Waals surface area contributed by atoms with E-state index >= 15 is 0 Å². The molecule has 4 heteroatoms. The van der Waals surface area contributed by atoms with Gasteiger partial charge in [-0.05, 0) is 24.3 Å². The van der Waals surface area contributed by atoms with Crippen LogP contribution < -0.4 is 5.32 Å². The minimum atomic E-state index is 0. The molecule has 0 aromatic heterocycles. The molecule has 1 aromatic carbocycles. The van der Waals surface area contributed by atoms with Gasteiger partial charge in [0, 0.05) is 26.2 Å². The fraction of sp³-hybridized carbons (Fsp3) is 0.533. The number of nitrogens with zero attached hydrogens (tertiary/aromatic N) is 1. The van der Waals surface area contributed by atoms with Crippen LogP contribution in [0.3, 0.4) is 0 Å². The van der Waals surface area contributed by atoms with Gasteiger partial charge in [0.15, 0.2) is 0 Å². The highest BCUT2D eigenvalue weighted by Crippen LogP contribution is 2.28. The van der Waals surface area contributed by atoms with Crippen LogP contribution in [0.4, 0.5) is 0 Å². The van der Waals surface area contributed by atoms with Gasteiger partial charge in [0.25, 0.3) is 0 Å². The summed E-state index contributed by atoms with van der Waals surface area (Å²) in [5.74, 6) is 1.24. The number of halogens is 1. The van der Waals surface area contributed by atoms with Crippen molar-refractivity contribution in [1.29, 1.82) is 0 Å². The number of carbonyl (C=O) groups excluding carboxylic acids is 1. The second-order valence-electron chi connectivity index (χ2n) is 5.37. The molecule has 19 heavy (non-hydrogen) atoms. The van der Waals surface area contributed by atoms with Crippen molar-refractivity contribution >= 4 is 18.3 Å². The Morgan fingerprint density at radius 1 is 1.11 bits per heavy atom. The molecular weight excluding hydrogens is 260 g/mol. The number of benzene rings is 1. The number of hydrogen-bond acceptors (Lipinski definition) is 2. The molecule has 2 saturated heterocycles. The molecule has 0 aliphatic carbocycles. The fourth-order valence-electron chi connectivity index (χ4n) is 2.88. The minimum Gasteiger partial charge on any atom is -0.342 e. The number of rotatable bonds is 2. The molecule has 1 amide bonds. The fourth-order valence-corrected chi connectivity index (χ4v) is 2.88. The Balaban J connectivity index is 0.00000133. The predicted octanol–water partition coefficient (Wildman–Crippen LogP) is 2.03. The highest BCUT2D eigenvalue weighted by atomic mass is 35.5. The van der Waals surface area contributed by atoms with E-state index in [0.717, 1.165) is 39.0 Å². The molecule has 2 aliphatic rings. The monoisotopic (exact) mass is 280 g/mol. The molecule has 0 radical (unpaired) electrons. The number of nitrogens with one attached hydrogen (secondary N) is 1. The van der Waals surface area contributed by atoms with Gasteiger partial charge in [-0.15, -0.1) is 12.4 Å². The molecule has 0 atom stereocenters. The van der Waals surface area contributed by atoms with Gasteiger partial charge in [0.1, 0.15) is 0 Å². The number of carbonyl (C=O) groups is 1. The highest BCUT2D eigenvalue weighted by Gasteiger charge is 2.31. The van der Waals surface area contributed by atoms with Gasteiger partial charge >= 0.3 is 0 Å². The van der Waals surface area contributed by atoms with E-state index in [2.05, 4.69) is 40.5 Å². The lowest BCUT2D eigenvalue weighted by atomic mass is 9.88. The minimum absolute atomic E-state index is 0. The maximum atomic E-state index is 12.1. The highest BCUT2D eigenvalue weighted by molar-refractivity contribution is 5.85. The molecule has 104 valence electrons.